The van der Waals surface area contributed by atoms with E-state index in [2.05, 4.69) is 25.6 Å². The van der Waals surface area contributed by atoms with Gasteiger partial charge in [-0.25, -0.2) is 9.50 Å². The number of ether oxygens (including phenoxy) is 1. The van der Waals surface area contributed by atoms with Gasteiger partial charge in [0.15, 0.2) is 5.65 Å². The number of amides is 2. The van der Waals surface area contributed by atoms with E-state index >= 15 is 0 Å². The molecule has 160 valence electrons. The normalized spacial score (nSPS) is 27.7. The maximum absolute atomic E-state index is 13.4. The number of pyridine rings is 1. The van der Waals surface area contributed by atoms with Crippen molar-refractivity contribution >= 4 is 17.5 Å². The summed E-state index contributed by atoms with van der Waals surface area (Å²) in [5.74, 6) is -0.0129. The first kappa shape index (κ1) is 19.4. The summed E-state index contributed by atoms with van der Waals surface area (Å²) in [5, 5.41) is 10.5. The van der Waals surface area contributed by atoms with Crippen molar-refractivity contribution < 1.29 is 14.3 Å². The molecule has 0 aliphatic carbocycles. The fourth-order valence-electron chi connectivity index (χ4n) is 5.16. The van der Waals surface area contributed by atoms with E-state index in [-0.39, 0.29) is 23.9 Å². The number of carbonyl (C=O) groups excluding carboxylic acids is 2. The molecule has 0 saturated carbocycles. The Kier molecular flexibility index (Phi) is 5.16. The van der Waals surface area contributed by atoms with Crippen LogP contribution < -0.4 is 10.6 Å². The highest BCUT2D eigenvalue weighted by Gasteiger charge is 2.52. The molecule has 2 aromatic rings. The number of piperidine rings is 1. The molecule has 0 unspecified atom stereocenters. The quantitative estimate of drug-likeness (QED) is 0.769. The zero-order chi connectivity index (χ0) is 20.6. The van der Waals surface area contributed by atoms with Crippen LogP contribution in [-0.4, -0.2) is 75.2 Å². The topological polar surface area (TPSA) is 101 Å². The maximum atomic E-state index is 13.4. The molecule has 2 amide bonds. The molecule has 2 aromatic heterocycles. The van der Waals surface area contributed by atoms with Gasteiger partial charge in [-0.3, -0.25) is 14.5 Å². The van der Waals surface area contributed by atoms with E-state index in [1.165, 1.54) is 6.33 Å². The van der Waals surface area contributed by atoms with Gasteiger partial charge in [0, 0.05) is 43.6 Å². The molecule has 0 spiro atoms. The van der Waals surface area contributed by atoms with Gasteiger partial charge in [-0.2, -0.15) is 5.10 Å². The highest BCUT2D eigenvalue weighted by Crippen LogP contribution is 2.38. The maximum Gasteiger partial charge on any atom is 0.251 e. The summed E-state index contributed by atoms with van der Waals surface area (Å²) in [6, 6.07) is 3.61. The van der Waals surface area contributed by atoms with Gasteiger partial charge < -0.3 is 15.4 Å². The molecule has 9 nitrogen and oxygen atoms in total. The van der Waals surface area contributed by atoms with Crippen LogP contribution in [0.15, 0.2) is 24.7 Å². The average Bonchev–Trinajstić information content (AvgIpc) is 3.38. The molecule has 3 aliphatic rings. The molecule has 5 rings (SSSR count). The van der Waals surface area contributed by atoms with Crippen LogP contribution in [0.5, 0.6) is 0 Å². The Bertz CT molecular complexity index is 940. The molecule has 2 N–H and O–H groups in total. The fraction of sp³-hybridized carbons (Fsp3) is 0.619. The summed E-state index contributed by atoms with van der Waals surface area (Å²) in [4.78, 5) is 32.7. The number of nitrogens with zero attached hydrogens (tertiary/aromatic N) is 4. The third kappa shape index (κ3) is 3.56. The van der Waals surface area contributed by atoms with Gasteiger partial charge in [0.25, 0.3) is 5.91 Å². The van der Waals surface area contributed by atoms with E-state index in [1.807, 2.05) is 0 Å². The van der Waals surface area contributed by atoms with Crippen LogP contribution in [-0.2, 0) is 9.53 Å². The van der Waals surface area contributed by atoms with Crippen molar-refractivity contribution in [3.05, 3.63) is 30.2 Å². The molecule has 3 fully saturated rings. The van der Waals surface area contributed by atoms with Crippen LogP contribution >= 0.6 is 0 Å². The highest BCUT2D eigenvalue weighted by atomic mass is 16.5. The third-order valence-corrected chi connectivity index (χ3v) is 6.76. The predicted octanol–water partition coefficient (Wildman–Crippen LogP) is 0.751. The smallest absolute Gasteiger partial charge is 0.251 e. The summed E-state index contributed by atoms with van der Waals surface area (Å²) >= 11 is 0. The molecule has 9 heteroatoms. The minimum absolute atomic E-state index is 0.0508. The van der Waals surface area contributed by atoms with Crippen LogP contribution in [0.2, 0.25) is 0 Å². The molecular weight excluding hydrogens is 384 g/mol. The average molecular weight is 412 g/mol. The van der Waals surface area contributed by atoms with Crippen LogP contribution in [0.25, 0.3) is 5.65 Å². The zero-order valence-corrected chi connectivity index (χ0v) is 17.0. The molecule has 0 aromatic carbocycles. The minimum atomic E-state index is -0.508. The van der Waals surface area contributed by atoms with Crippen molar-refractivity contribution in [2.75, 3.05) is 26.3 Å². The Hall–Kier alpha value is -2.52. The highest BCUT2D eigenvalue weighted by molar-refractivity contribution is 5.95. The van der Waals surface area contributed by atoms with Gasteiger partial charge in [0.05, 0.1) is 0 Å². The summed E-state index contributed by atoms with van der Waals surface area (Å²) < 4.78 is 7.04. The summed E-state index contributed by atoms with van der Waals surface area (Å²) in [5.41, 5.74) is 0.686. The van der Waals surface area contributed by atoms with E-state index < -0.39 is 5.54 Å². The van der Waals surface area contributed by atoms with Crippen LogP contribution in [0.4, 0.5) is 0 Å². The number of hydrogen-bond acceptors (Lipinski definition) is 6. The second kappa shape index (κ2) is 7.96. The fourth-order valence-corrected chi connectivity index (χ4v) is 5.16. The van der Waals surface area contributed by atoms with Gasteiger partial charge in [0.2, 0.25) is 5.91 Å². The molecule has 0 bridgehead atoms. The van der Waals surface area contributed by atoms with Gasteiger partial charge in [0.1, 0.15) is 11.9 Å². The second-order valence-corrected chi connectivity index (χ2v) is 8.65. The van der Waals surface area contributed by atoms with Crippen molar-refractivity contribution in [3.8, 4) is 0 Å². The Labute approximate surface area is 175 Å². The summed E-state index contributed by atoms with van der Waals surface area (Å²) in [6.07, 6.45) is 8.57. The van der Waals surface area contributed by atoms with Crippen molar-refractivity contribution in [2.24, 2.45) is 0 Å². The predicted molar refractivity (Wildman–Crippen MR) is 109 cm³/mol. The minimum Gasteiger partial charge on any atom is -0.381 e. The SMILES string of the molecule is O=C(N[C@@H]1CN2CCCC[C@@]2(C(=O)NC2CCOCC2)C1)c1ccn2ncnc2c1. The monoisotopic (exact) mass is 412 g/mol. The standard InChI is InChI=1S/C21H28N6O3/c28-19(15-3-8-27-18(11-15)22-14-23-27)24-17-12-21(6-1-2-7-26(21)13-17)20(29)25-16-4-9-30-10-5-16/h3,8,11,14,16-17H,1-2,4-7,9-10,12-13H2,(H,24,28)(H,25,29)/t17-,21-/m0/s1. The van der Waals surface area contributed by atoms with E-state index in [9.17, 15) is 9.59 Å². The summed E-state index contributed by atoms with van der Waals surface area (Å²) in [7, 11) is 0. The largest absolute Gasteiger partial charge is 0.381 e. The van der Waals surface area contributed by atoms with Crippen molar-refractivity contribution in [1.29, 1.82) is 0 Å². The second-order valence-electron chi connectivity index (χ2n) is 8.65. The number of carbonyl (C=O) groups is 2. The van der Waals surface area contributed by atoms with E-state index in [4.69, 9.17) is 4.74 Å². The number of hydrogen-bond donors (Lipinski definition) is 2. The number of fused-ring (bicyclic) bond motifs is 2. The van der Waals surface area contributed by atoms with Crippen molar-refractivity contribution in [1.82, 2.24) is 30.1 Å². The Balaban J connectivity index is 1.28. The van der Waals surface area contributed by atoms with E-state index in [0.29, 0.717) is 37.4 Å². The lowest BCUT2D eigenvalue weighted by molar-refractivity contribution is -0.135. The molecule has 3 aliphatic heterocycles. The van der Waals surface area contributed by atoms with Crippen molar-refractivity contribution in [3.63, 3.8) is 0 Å². The van der Waals surface area contributed by atoms with Crippen LogP contribution in [0.3, 0.4) is 0 Å². The lowest BCUT2D eigenvalue weighted by atomic mass is 9.84. The van der Waals surface area contributed by atoms with Crippen molar-refractivity contribution in [2.45, 2.75) is 56.1 Å². The van der Waals surface area contributed by atoms with Gasteiger partial charge in [-0.15, -0.1) is 0 Å². The molecule has 2 atom stereocenters. The number of rotatable bonds is 4. The van der Waals surface area contributed by atoms with Gasteiger partial charge in [-0.1, -0.05) is 0 Å². The molecule has 3 saturated heterocycles. The lowest BCUT2D eigenvalue weighted by Gasteiger charge is -2.41. The molecule has 5 heterocycles. The number of aromatic nitrogens is 3. The molecular formula is C21H28N6O3. The zero-order valence-electron chi connectivity index (χ0n) is 17.0. The Morgan fingerprint density at radius 2 is 2.03 bits per heavy atom. The van der Waals surface area contributed by atoms with Crippen LogP contribution in [0.1, 0.15) is 48.9 Å². The summed E-state index contributed by atoms with van der Waals surface area (Å²) in [6.45, 7) is 3.02. The first-order valence-electron chi connectivity index (χ1n) is 10.9. The van der Waals surface area contributed by atoms with Gasteiger partial charge in [-0.05, 0) is 57.2 Å². The molecule has 0 radical (unpaired) electrons. The first-order chi connectivity index (χ1) is 14.6. The Morgan fingerprint density at radius 1 is 1.17 bits per heavy atom. The third-order valence-electron chi connectivity index (χ3n) is 6.76. The first-order valence-corrected chi connectivity index (χ1v) is 10.9. The molecule has 30 heavy (non-hydrogen) atoms. The van der Waals surface area contributed by atoms with Crippen LogP contribution in [0, 0.1) is 0 Å². The van der Waals surface area contributed by atoms with E-state index in [0.717, 1.165) is 38.6 Å². The van der Waals surface area contributed by atoms with Gasteiger partial charge >= 0.3 is 0 Å². The number of nitrogens with one attached hydrogen (secondary N) is 2. The van der Waals surface area contributed by atoms with E-state index in [1.54, 1.807) is 22.8 Å². The Morgan fingerprint density at radius 3 is 2.90 bits per heavy atom. The lowest BCUT2D eigenvalue weighted by Crippen LogP contribution is -2.59.